The molecule has 1 aromatic carbocycles. The van der Waals surface area contributed by atoms with E-state index < -0.39 is 0 Å². The number of nitrogens with one attached hydrogen (secondary N) is 1. The highest BCUT2D eigenvalue weighted by Crippen LogP contribution is 2.39. The van der Waals surface area contributed by atoms with Gasteiger partial charge in [0.05, 0.1) is 14.2 Å². The second-order valence-corrected chi connectivity index (χ2v) is 5.53. The number of hydrogen-bond donors (Lipinski definition) is 1. The van der Waals surface area contributed by atoms with Crippen LogP contribution in [-0.4, -0.2) is 18.6 Å². The summed E-state index contributed by atoms with van der Waals surface area (Å²) in [5.74, 6) is 1.22. The number of aromatic nitrogens is 1. The molecule has 104 valence electrons. The van der Waals surface area contributed by atoms with Crippen LogP contribution in [0.1, 0.15) is 5.56 Å². The van der Waals surface area contributed by atoms with Crippen LogP contribution in [0.5, 0.6) is 11.5 Å². The molecule has 0 aliphatic rings. The maximum absolute atomic E-state index is 9.05. The minimum absolute atomic E-state index is 0.191. The van der Waals surface area contributed by atoms with Gasteiger partial charge in [-0.05, 0) is 27.5 Å². The Morgan fingerprint density at radius 1 is 1.35 bits per heavy atom. The van der Waals surface area contributed by atoms with Crippen LogP contribution in [0.15, 0.2) is 16.6 Å². The van der Waals surface area contributed by atoms with Gasteiger partial charge in [-0.2, -0.15) is 9.64 Å². The molecule has 2 rings (SSSR count). The second-order valence-electron chi connectivity index (χ2n) is 3.61. The fraction of sp³-hybridized carbons (Fsp3) is 0.167. The average Bonchev–Trinajstić information content (AvgIpc) is 2.80. The minimum atomic E-state index is 0.191. The van der Waals surface area contributed by atoms with E-state index in [1.165, 1.54) is 0 Å². The van der Waals surface area contributed by atoms with Gasteiger partial charge < -0.3 is 14.8 Å². The summed E-state index contributed by atoms with van der Waals surface area (Å²) in [6.07, 6.45) is 0. The number of halogens is 2. The van der Waals surface area contributed by atoms with Gasteiger partial charge in [-0.1, -0.05) is 11.6 Å². The zero-order chi connectivity index (χ0) is 14.7. The number of benzene rings is 1. The van der Waals surface area contributed by atoms with E-state index >= 15 is 0 Å². The van der Waals surface area contributed by atoms with Crippen molar-refractivity contribution in [1.82, 2.24) is 4.37 Å². The molecule has 1 aromatic heterocycles. The van der Waals surface area contributed by atoms with Crippen LogP contribution in [0.25, 0.3) is 0 Å². The van der Waals surface area contributed by atoms with Crippen molar-refractivity contribution < 1.29 is 9.47 Å². The van der Waals surface area contributed by atoms with Crippen molar-refractivity contribution in [3.63, 3.8) is 0 Å². The second kappa shape index (κ2) is 6.31. The van der Waals surface area contributed by atoms with Crippen molar-refractivity contribution >= 4 is 49.8 Å². The standard InChI is InChI=1S/C12H9BrClN3O2S/c1-18-8-3-6(4-9(19-2)10(8)13)16-12-7(5-15)11(14)17-20-12/h3-4,16H,1-2H3. The van der Waals surface area contributed by atoms with Gasteiger partial charge in [0.25, 0.3) is 0 Å². The average molecular weight is 375 g/mol. The van der Waals surface area contributed by atoms with E-state index in [1.807, 2.05) is 6.07 Å². The molecule has 0 fully saturated rings. The molecule has 0 radical (unpaired) electrons. The van der Waals surface area contributed by atoms with Crippen LogP contribution >= 0.6 is 39.1 Å². The fourth-order valence-electron chi connectivity index (χ4n) is 1.53. The predicted molar refractivity (Wildman–Crippen MR) is 82.4 cm³/mol. The molecule has 0 aliphatic heterocycles. The lowest BCUT2D eigenvalue weighted by molar-refractivity contribution is 0.390. The topological polar surface area (TPSA) is 67.2 Å². The summed E-state index contributed by atoms with van der Waals surface area (Å²) in [6, 6.07) is 5.57. The van der Waals surface area contributed by atoms with E-state index in [9.17, 15) is 0 Å². The Balaban J connectivity index is 2.41. The van der Waals surface area contributed by atoms with Crippen LogP contribution in [0, 0.1) is 11.3 Å². The largest absolute Gasteiger partial charge is 0.495 e. The summed E-state index contributed by atoms with van der Waals surface area (Å²) in [5, 5.41) is 12.9. The monoisotopic (exact) mass is 373 g/mol. The number of nitrogens with zero attached hydrogens (tertiary/aromatic N) is 2. The third-order valence-corrected chi connectivity index (χ3v) is 4.38. The van der Waals surface area contributed by atoms with Gasteiger partial charge >= 0.3 is 0 Å². The van der Waals surface area contributed by atoms with Gasteiger partial charge in [-0.3, -0.25) is 0 Å². The van der Waals surface area contributed by atoms with Crippen LogP contribution in [0.3, 0.4) is 0 Å². The molecule has 0 saturated heterocycles. The Hall–Kier alpha value is -1.49. The van der Waals surface area contributed by atoms with Gasteiger partial charge in [0.2, 0.25) is 0 Å². The normalized spacial score (nSPS) is 9.95. The Kier molecular flexibility index (Phi) is 4.70. The lowest BCUT2D eigenvalue weighted by Gasteiger charge is -2.12. The van der Waals surface area contributed by atoms with Gasteiger partial charge in [0.15, 0.2) is 5.15 Å². The predicted octanol–water partition coefficient (Wildman–Crippen LogP) is 4.19. The van der Waals surface area contributed by atoms with E-state index in [2.05, 4.69) is 25.6 Å². The first kappa shape index (κ1) is 14.9. The first-order chi connectivity index (χ1) is 9.60. The molecule has 0 bridgehead atoms. The van der Waals surface area contributed by atoms with Crippen molar-refractivity contribution in [1.29, 1.82) is 5.26 Å². The molecule has 8 heteroatoms. The summed E-state index contributed by atoms with van der Waals surface area (Å²) >= 11 is 10.3. The number of anilines is 2. The quantitative estimate of drug-likeness (QED) is 0.869. The molecule has 0 saturated carbocycles. The van der Waals surface area contributed by atoms with Crippen molar-refractivity contribution in [2.75, 3.05) is 19.5 Å². The Morgan fingerprint density at radius 2 is 1.95 bits per heavy atom. The lowest BCUT2D eigenvalue weighted by Crippen LogP contribution is -1.95. The number of methoxy groups -OCH3 is 2. The molecule has 0 unspecified atom stereocenters. The SMILES string of the molecule is COc1cc(Nc2snc(Cl)c2C#N)cc(OC)c1Br. The summed E-state index contributed by atoms with van der Waals surface area (Å²) in [5.41, 5.74) is 1.02. The molecular weight excluding hydrogens is 366 g/mol. The fourth-order valence-corrected chi connectivity index (χ4v) is 3.03. The maximum atomic E-state index is 9.05. The van der Waals surface area contributed by atoms with Crippen molar-refractivity contribution in [2.24, 2.45) is 0 Å². The molecule has 0 aliphatic carbocycles. The van der Waals surface area contributed by atoms with E-state index in [-0.39, 0.29) is 5.15 Å². The molecule has 0 amide bonds. The summed E-state index contributed by atoms with van der Waals surface area (Å²) in [4.78, 5) is 0. The molecule has 1 heterocycles. The maximum Gasteiger partial charge on any atom is 0.162 e. The van der Waals surface area contributed by atoms with Crippen LogP contribution < -0.4 is 14.8 Å². The number of hydrogen-bond acceptors (Lipinski definition) is 6. The Morgan fingerprint density at radius 3 is 2.45 bits per heavy atom. The van der Waals surface area contributed by atoms with Crippen molar-refractivity contribution in [2.45, 2.75) is 0 Å². The van der Waals surface area contributed by atoms with Crippen LogP contribution in [-0.2, 0) is 0 Å². The van der Waals surface area contributed by atoms with Crippen molar-refractivity contribution in [3.8, 4) is 17.6 Å². The highest BCUT2D eigenvalue weighted by atomic mass is 79.9. The van der Waals surface area contributed by atoms with Gasteiger partial charge in [0, 0.05) is 17.8 Å². The smallest absolute Gasteiger partial charge is 0.162 e. The first-order valence-corrected chi connectivity index (χ1v) is 7.29. The van der Waals surface area contributed by atoms with E-state index in [0.29, 0.717) is 27.8 Å². The molecule has 2 aromatic rings. The van der Waals surface area contributed by atoms with Gasteiger partial charge in [-0.15, -0.1) is 0 Å². The molecule has 0 atom stereocenters. The van der Waals surface area contributed by atoms with Crippen LogP contribution in [0.4, 0.5) is 10.7 Å². The highest BCUT2D eigenvalue weighted by Gasteiger charge is 2.14. The van der Waals surface area contributed by atoms with E-state index in [4.69, 9.17) is 26.3 Å². The zero-order valence-electron chi connectivity index (χ0n) is 10.5. The van der Waals surface area contributed by atoms with Crippen molar-refractivity contribution in [3.05, 3.63) is 27.3 Å². The van der Waals surface area contributed by atoms with E-state index in [1.54, 1.807) is 26.4 Å². The summed E-state index contributed by atoms with van der Waals surface area (Å²) < 4.78 is 15.2. The minimum Gasteiger partial charge on any atom is -0.495 e. The van der Waals surface area contributed by atoms with Gasteiger partial charge in [0.1, 0.15) is 32.6 Å². The number of ether oxygens (including phenoxy) is 2. The Labute approximate surface area is 133 Å². The molecule has 1 N–H and O–H groups in total. The highest BCUT2D eigenvalue weighted by molar-refractivity contribution is 9.10. The van der Waals surface area contributed by atoms with Crippen LogP contribution in [0.2, 0.25) is 5.15 Å². The number of rotatable bonds is 4. The molecule has 5 nitrogen and oxygen atoms in total. The molecule has 20 heavy (non-hydrogen) atoms. The third kappa shape index (κ3) is 2.82. The summed E-state index contributed by atoms with van der Waals surface area (Å²) in [7, 11) is 3.13. The van der Waals surface area contributed by atoms with E-state index in [0.717, 1.165) is 16.0 Å². The third-order valence-electron chi connectivity index (χ3n) is 2.47. The first-order valence-electron chi connectivity index (χ1n) is 5.34. The summed E-state index contributed by atoms with van der Waals surface area (Å²) in [6.45, 7) is 0. The lowest BCUT2D eigenvalue weighted by atomic mass is 10.2. The molecule has 0 spiro atoms. The Bertz CT molecular complexity index is 659. The molecular formula is C12H9BrClN3O2S. The number of nitriles is 1. The van der Waals surface area contributed by atoms with Gasteiger partial charge in [-0.25, -0.2) is 0 Å². The zero-order valence-corrected chi connectivity index (χ0v) is 13.7.